The lowest BCUT2D eigenvalue weighted by molar-refractivity contribution is -0.117. The molecule has 0 aliphatic heterocycles. The number of benzene rings is 1. The van der Waals surface area contributed by atoms with Crippen LogP contribution in [0.5, 0.6) is 0 Å². The molecule has 2 aromatic rings. The van der Waals surface area contributed by atoms with E-state index in [0.717, 1.165) is 15.7 Å². The molecule has 6 heteroatoms. The first-order valence-corrected chi connectivity index (χ1v) is 8.44. The van der Waals surface area contributed by atoms with Crippen molar-refractivity contribution < 1.29 is 9.90 Å². The van der Waals surface area contributed by atoms with Crippen molar-refractivity contribution in [2.24, 2.45) is 10.4 Å². The SMILES string of the molecule is CC1(C)CC(=O)C(C=Nc2cc(-c3ccc(Br)cc3)[nH]n2)=C(O)C1. The standard InChI is InChI=1S/C18H18BrN3O2/c1-18(2)8-15(23)13(16(24)9-18)10-20-17-7-14(21-22-17)11-3-5-12(19)6-4-11/h3-7,10,23H,8-9H2,1-2H3,(H,21,22). The number of halogens is 1. The molecule has 0 atom stereocenters. The van der Waals surface area contributed by atoms with Crippen LogP contribution >= 0.6 is 15.9 Å². The lowest BCUT2D eigenvalue weighted by atomic mass is 9.77. The molecule has 1 aliphatic carbocycles. The molecule has 5 nitrogen and oxygen atoms in total. The number of ketones is 1. The first kappa shape index (κ1) is 16.6. The second-order valence-electron chi connectivity index (χ2n) is 6.71. The van der Waals surface area contributed by atoms with Crippen LogP contribution in [0.15, 0.2) is 51.1 Å². The summed E-state index contributed by atoms with van der Waals surface area (Å²) in [6.45, 7) is 3.93. The zero-order valence-electron chi connectivity index (χ0n) is 13.5. The molecular weight excluding hydrogens is 370 g/mol. The number of rotatable bonds is 3. The maximum atomic E-state index is 12.2. The molecule has 24 heavy (non-hydrogen) atoms. The van der Waals surface area contributed by atoms with Crippen molar-refractivity contribution in [3.05, 3.63) is 46.1 Å². The first-order chi connectivity index (χ1) is 11.3. The van der Waals surface area contributed by atoms with Gasteiger partial charge in [0.25, 0.3) is 0 Å². The minimum absolute atomic E-state index is 0.0869. The van der Waals surface area contributed by atoms with E-state index in [9.17, 15) is 9.90 Å². The average molecular weight is 388 g/mol. The van der Waals surface area contributed by atoms with E-state index in [1.165, 1.54) is 6.21 Å². The van der Waals surface area contributed by atoms with Crippen LogP contribution in [-0.4, -0.2) is 27.3 Å². The monoisotopic (exact) mass is 387 g/mol. The fourth-order valence-electron chi connectivity index (χ4n) is 2.73. The number of nitrogens with one attached hydrogen (secondary N) is 1. The van der Waals surface area contributed by atoms with Gasteiger partial charge in [-0.2, -0.15) is 5.10 Å². The van der Waals surface area contributed by atoms with E-state index >= 15 is 0 Å². The van der Waals surface area contributed by atoms with Gasteiger partial charge in [-0.15, -0.1) is 0 Å². The number of carbonyl (C=O) groups is 1. The van der Waals surface area contributed by atoms with Gasteiger partial charge in [-0.25, -0.2) is 4.99 Å². The number of aliphatic hydroxyl groups is 1. The summed E-state index contributed by atoms with van der Waals surface area (Å²) >= 11 is 3.40. The van der Waals surface area contributed by atoms with Gasteiger partial charge in [0.05, 0.1) is 11.3 Å². The van der Waals surface area contributed by atoms with Gasteiger partial charge in [-0.3, -0.25) is 9.89 Å². The molecule has 2 N–H and O–H groups in total. The number of aromatic amines is 1. The number of H-pyrrole nitrogens is 1. The van der Waals surface area contributed by atoms with E-state index in [-0.39, 0.29) is 22.5 Å². The highest BCUT2D eigenvalue weighted by Gasteiger charge is 2.32. The van der Waals surface area contributed by atoms with E-state index in [0.29, 0.717) is 18.7 Å². The summed E-state index contributed by atoms with van der Waals surface area (Å²) in [6, 6.07) is 9.63. The Labute approximate surface area is 148 Å². The highest BCUT2D eigenvalue weighted by molar-refractivity contribution is 9.10. The van der Waals surface area contributed by atoms with Crippen LogP contribution in [0.4, 0.5) is 5.82 Å². The Kier molecular flexibility index (Phi) is 4.41. The number of aromatic nitrogens is 2. The number of allylic oxidation sites excluding steroid dienone is 2. The van der Waals surface area contributed by atoms with Crippen molar-refractivity contribution in [2.75, 3.05) is 0 Å². The van der Waals surface area contributed by atoms with Crippen LogP contribution in [0.3, 0.4) is 0 Å². The zero-order valence-corrected chi connectivity index (χ0v) is 15.1. The van der Waals surface area contributed by atoms with Gasteiger partial charge < -0.3 is 5.11 Å². The second-order valence-corrected chi connectivity index (χ2v) is 7.62. The van der Waals surface area contributed by atoms with Crippen LogP contribution in [0.2, 0.25) is 0 Å². The molecule has 0 radical (unpaired) electrons. The number of hydrogen-bond acceptors (Lipinski definition) is 4. The molecule has 1 aliphatic rings. The smallest absolute Gasteiger partial charge is 0.174 e. The van der Waals surface area contributed by atoms with Gasteiger partial charge >= 0.3 is 0 Å². The third kappa shape index (κ3) is 3.64. The van der Waals surface area contributed by atoms with Crippen LogP contribution in [0.25, 0.3) is 11.3 Å². The summed E-state index contributed by atoms with van der Waals surface area (Å²) in [4.78, 5) is 16.4. The normalized spacial score (nSPS) is 17.7. The predicted molar refractivity (Wildman–Crippen MR) is 97.6 cm³/mol. The van der Waals surface area contributed by atoms with Crippen LogP contribution in [0, 0.1) is 5.41 Å². The predicted octanol–water partition coefficient (Wildman–Crippen LogP) is 4.74. The minimum Gasteiger partial charge on any atom is -0.511 e. The molecule has 0 spiro atoms. The molecule has 124 valence electrons. The van der Waals surface area contributed by atoms with Gasteiger partial charge in [0, 0.05) is 29.6 Å². The Morgan fingerprint density at radius 1 is 1.29 bits per heavy atom. The molecule has 0 saturated heterocycles. The summed E-state index contributed by atoms with van der Waals surface area (Å²) in [7, 11) is 0. The molecule has 1 heterocycles. The molecule has 0 amide bonds. The fourth-order valence-corrected chi connectivity index (χ4v) is 3.00. The summed E-state index contributed by atoms with van der Waals surface area (Å²) in [5.74, 6) is 0.477. The zero-order chi connectivity index (χ0) is 17.3. The van der Waals surface area contributed by atoms with Gasteiger partial charge in [-0.1, -0.05) is 41.9 Å². The van der Waals surface area contributed by atoms with Gasteiger partial charge in [0.2, 0.25) is 0 Å². The van der Waals surface area contributed by atoms with E-state index in [2.05, 4.69) is 31.1 Å². The fraction of sp³-hybridized carbons (Fsp3) is 0.278. The number of hydrogen-bond donors (Lipinski definition) is 2. The molecular formula is C18H18BrN3O2. The maximum Gasteiger partial charge on any atom is 0.174 e. The molecule has 1 aromatic heterocycles. The Hall–Kier alpha value is -2.21. The van der Waals surface area contributed by atoms with E-state index in [1.807, 2.05) is 38.1 Å². The molecule has 0 unspecified atom stereocenters. The van der Waals surface area contributed by atoms with Crippen molar-refractivity contribution >= 4 is 33.7 Å². The van der Waals surface area contributed by atoms with Crippen molar-refractivity contribution in [3.63, 3.8) is 0 Å². The number of aliphatic imine (C=N–C) groups is 1. The van der Waals surface area contributed by atoms with E-state index in [4.69, 9.17) is 0 Å². The largest absolute Gasteiger partial charge is 0.511 e. The topological polar surface area (TPSA) is 78.3 Å². The number of carbonyl (C=O) groups excluding carboxylic acids is 1. The van der Waals surface area contributed by atoms with Crippen molar-refractivity contribution in [1.82, 2.24) is 10.2 Å². The Morgan fingerprint density at radius 3 is 2.67 bits per heavy atom. The van der Waals surface area contributed by atoms with Gasteiger partial charge in [-0.05, 0) is 23.1 Å². The van der Waals surface area contributed by atoms with Crippen LogP contribution < -0.4 is 0 Å². The van der Waals surface area contributed by atoms with Crippen molar-refractivity contribution in [3.8, 4) is 11.3 Å². The Morgan fingerprint density at radius 2 is 2.00 bits per heavy atom. The Balaban J connectivity index is 1.81. The lowest BCUT2D eigenvalue weighted by Crippen LogP contribution is -2.26. The highest BCUT2D eigenvalue weighted by atomic mass is 79.9. The second kappa shape index (κ2) is 6.36. The average Bonchev–Trinajstić information content (AvgIpc) is 2.95. The quantitative estimate of drug-likeness (QED) is 0.746. The van der Waals surface area contributed by atoms with Gasteiger partial charge in [0.15, 0.2) is 11.6 Å². The van der Waals surface area contributed by atoms with Gasteiger partial charge in [0.1, 0.15) is 5.76 Å². The maximum absolute atomic E-state index is 12.2. The summed E-state index contributed by atoms with van der Waals surface area (Å²) < 4.78 is 1.00. The third-order valence-electron chi connectivity index (χ3n) is 3.94. The van der Waals surface area contributed by atoms with E-state index in [1.54, 1.807) is 6.07 Å². The lowest BCUT2D eigenvalue weighted by Gasteiger charge is -2.28. The molecule has 3 rings (SSSR count). The first-order valence-electron chi connectivity index (χ1n) is 7.65. The van der Waals surface area contributed by atoms with Crippen LogP contribution in [-0.2, 0) is 4.79 Å². The molecule has 0 saturated carbocycles. The molecule has 0 bridgehead atoms. The van der Waals surface area contributed by atoms with Crippen molar-refractivity contribution in [1.29, 1.82) is 0 Å². The number of aliphatic hydroxyl groups excluding tert-OH is 1. The number of nitrogens with zero attached hydrogens (tertiary/aromatic N) is 2. The van der Waals surface area contributed by atoms with Crippen LogP contribution in [0.1, 0.15) is 26.7 Å². The third-order valence-corrected chi connectivity index (χ3v) is 4.47. The minimum atomic E-state index is -0.209. The molecule has 0 fully saturated rings. The Bertz CT molecular complexity index is 832. The summed E-state index contributed by atoms with van der Waals surface area (Å²) in [5.41, 5.74) is 1.90. The highest BCUT2D eigenvalue weighted by Crippen LogP contribution is 2.35. The van der Waals surface area contributed by atoms with E-state index < -0.39 is 0 Å². The summed E-state index contributed by atoms with van der Waals surface area (Å²) in [5, 5.41) is 17.1. The molecule has 1 aromatic carbocycles. The summed E-state index contributed by atoms with van der Waals surface area (Å²) in [6.07, 6.45) is 2.29. The number of Topliss-reactive ketones (excluding diaryl/α,β-unsaturated/α-hetero) is 1. The van der Waals surface area contributed by atoms with Crippen molar-refractivity contribution in [2.45, 2.75) is 26.7 Å².